The molecule has 0 aromatic heterocycles. The van der Waals surface area contributed by atoms with E-state index in [1.165, 1.54) is 44.6 Å². The third-order valence-electron chi connectivity index (χ3n) is 4.77. The summed E-state index contributed by atoms with van der Waals surface area (Å²) >= 11 is 0. The summed E-state index contributed by atoms with van der Waals surface area (Å²) in [4.78, 5) is 11.1. The molecule has 2 atom stereocenters. The largest absolute Gasteiger partial charge is 0.462 e. The second kappa shape index (κ2) is 6.58. The molecule has 108 valence electrons. The highest BCUT2D eigenvalue weighted by molar-refractivity contribution is 5.81. The third-order valence-corrected chi connectivity index (χ3v) is 4.77. The molecule has 2 rings (SSSR count). The van der Waals surface area contributed by atoms with Crippen LogP contribution in [-0.4, -0.2) is 12.6 Å². The van der Waals surface area contributed by atoms with E-state index in [4.69, 9.17) is 4.74 Å². The molecule has 0 amide bonds. The first-order chi connectivity index (χ1) is 9.06. The van der Waals surface area contributed by atoms with Gasteiger partial charge < -0.3 is 4.74 Å². The molecule has 2 bridgehead atoms. The molecule has 19 heavy (non-hydrogen) atoms. The van der Waals surface area contributed by atoms with E-state index in [1.54, 1.807) is 0 Å². The Hall–Kier alpha value is -0.790. The maximum absolute atomic E-state index is 11.1. The van der Waals surface area contributed by atoms with Crippen LogP contribution >= 0.6 is 0 Å². The van der Waals surface area contributed by atoms with Crippen LogP contribution in [0.4, 0.5) is 0 Å². The van der Waals surface area contributed by atoms with Crippen LogP contribution in [0.3, 0.4) is 0 Å². The van der Waals surface area contributed by atoms with Gasteiger partial charge >= 0.3 is 5.97 Å². The average molecular weight is 264 g/mol. The van der Waals surface area contributed by atoms with Crippen LogP contribution < -0.4 is 0 Å². The maximum atomic E-state index is 11.1. The quantitative estimate of drug-likeness (QED) is 0.549. The van der Waals surface area contributed by atoms with Crippen LogP contribution in [0.5, 0.6) is 0 Å². The number of carbonyl (C=O) groups excluding carboxylic acids is 1. The molecule has 0 spiro atoms. The molecule has 0 aromatic carbocycles. The highest BCUT2D eigenvalue weighted by Crippen LogP contribution is 2.46. The van der Waals surface area contributed by atoms with Crippen LogP contribution in [0, 0.1) is 29.6 Å². The second-order valence-corrected chi connectivity index (χ2v) is 7.11. The van der Waals surface area contributed by atoms with Crippen LogP contribution in [0.25, 0.3) is 0 Å². The van der Waals surface area contributed by atoms with Crippen LogP contribution in [0.2, 0.25) is 0 Å². The van der Waals surface area contributed by atoms with Crippen molar-refractivity contribution in [2.45, 2.75) is 52.4 Å². The van der Waals surface area contributed by atoms with E-state index < -0.39 is 0 Å². The highest BCUT2D eigenvalue weighted by atomic mass is 16.5. The predicted molar refractivity (Wildman–Crippen MR) is 77.7 cm³/mol. The number of hydrogen-bond acceptors (Lipinski definition) is 2. The Labute approximate surface area is 117 Å². The molecule has 2 saturated carbocycles. The van der Waals surface area contributed by atoms with Crippen LogP contribution in [-0.2, 0) is 9.53 Å². The fourth-order valence-corrected chi connectivity index (χ4v) is 4.38. The fraction of sp³-hybridized carbons (Fsp3) is 0.824. The predicted octanol–water partition coefficient (Wildman–Crippen LogP) is 4.20. The maximum Gasteiger partial charge on any atom is 0.330 e. The van der Waals surface area contributed by atoms with Gasteiger partial charge in [-0.2, -0.15) is 0 Å². The van der Waals surface area contributed by atoms with Crippen LogP contribution in [0.1, 0.15) is 52.4 Å². The number of ether oxygens (including phenoxy) is 1. The Kier molecular flexibility index (Phi) is 5.06. The van der Waals surface area contributed by atoms with E-state index in [0.717, 1.165) is 23.7 Å². The van der Waals surface area contributed by atoms with Crippen molar-refractivity contribution >= 4 is 5.97 Å². The topological polar surface area (TPSA) is 26.3 Å². The van der Waals surface area contributed by atoms with Gasteiger partial charge in [0, 0.05) is 6.08 Å². The molecule has 2 nitrogen and oxygen atoms in total. The Balaban J connectivity index is 1.80. The van der Waals surface area contributed by atoms with Crippen LogP contribution in [0.15, 0.2) is 12.7 Å². The molecule has 2 heteroatoms. The van der Waals surface area contributed by atoms with Crippen molar-refractivity contribution < 1.29 is 9.53 Å². The third kappa shape index (κ3) is 4.36. The van der Waals surface area contributed by atoms with Gasteiger partial charge in [0.1, 0.15) is 0 Å². The number of esters is 1. The van der Waals surface area contributed by atoms with Gasteiger partial charge in [-0.1, -0.05) is 20.4 Å². The van der Waals surface area contributed by atoms with Crippen molar-refractivity contribution in [2.24, 2.45) is 29.6 Å². The first-order valence-corrected chi connectivity index (χ1v) is 7.86. The molecule has 0 saturated heterocycles. The summed E-state index contributed by atoms with van der Waals surface area (Å²) in [6.07, 6.45) is 9.40. The molecule has 2 aliphatic rings. The molecule has 2 unspecified atom stereocenters. The lowest BCUT2D eigenvalue weighted by atomic mass is 9.63. The number of hydrogen-bond donors (Lipinski definition) is 0. The zero-order valence-electron chi connectivity index (χ0n) is 12.4. The summed E-state index contributed by atoms with van der Waals surface area (Å²) in [6, 6.07) is 0. The van der Waals surface area contributed by atoms with Crippen molar-refractivity contribution in [1.29, 1.82) is 0 Å². The monoisotopic (exact) mass is 264 g/mol. The van der Waals surface area contributed by atoms with E-state index in [0.29, 0.717) is 12.5 Å². The Morgan fingerprint density at radius 2 is 1.74 bits per heavy atom. The van der Waals surface area contributed by atoms with Crippen molar-refractivity contribution in [3.05, 3.63) is 12.7 Å². The zero-order chi connectivity index (χ0) is 13.8. The van der Waals surface area contributed by atoms with Crippen molar-refractivity contribution in [2.75, 3.05) is 6.61 Å². The van der Waals surface area contributed by atoms with E-state index in [2.05, 4.69) is 20.4 Å². The minimum atomic E-state index is -0.270. The van der Waals surface area contributed by atoms with Gasteiger partial charge in [0.25, 0.3) is 0 Å². The van der Waals surface area contributed by atoms with Gasteiger partial charge in [-0.05, 0) is 68.1 Å². The van der Waals surface area contributed by atoms with Gasteiger partial charge in [-0.3, -0.25) is 0 Å². The van der Waals surface area contributed by atoms with Gasteiger partial charge in [0.05, 0.1) is 6.61 Å². The Bertz CT molecular complexity index is 307. The van der Waals surface area contributed by atoms with Crippen molar-refractivity contribution in [3.8, 4) is 0 Å². The SMILES string of the molecule is C=CC(=O)OCC1CC2CC(CC(C)C)CC(C1)C2. The average Bonchev–Trinajstić information content (AvgIpc) is 2.34. The lowest BCUT2D eigenvalue weighted by Gasteiger charge is -2.42. The molecule has 2 aliphatic carbocycles. The normalized spacial score (nSPS) is 34.1. The minimum absolute atomic E-state index is 0.270. The first-order valence-electron chi connectivity index (χ1n) is 7.86. The highest BCUT2D eigenvalue weighted by Gasteiger charge is 2.36. The first kappa shape index (κ1) is 14.6. The smallest absolute Gasteiger partial charge is 0.330 e. The van der Waals surface area contributed by atoms with Crippen molar-refractivity contribution in [1.82, 2.24) is 0 Å². The zero-order valence-corrected chi connectivity index (χ0v) is 12.4. The Morgan fingerprint density at radius 1 is 1.16 bits per heavy atom. The van der Waals surface area contributed by atoms with E-state index in [-0.39, 0.29) is 5.97 Å². The molecule has 0 radical (unpaired) electrons. The van der Waals surface area contributed by atoms with E-state index in [1.807, 2.05) is 0 Å². The summed E-state index contributed by atoms with van der Waals surface area (Å²) in [7, 11) is 0. The lowest BCUT2D eigenvalue weighted by molar-refractivity contribution is -0.140. The van der Waals surface area contributed by atoms with Gasteiger partial charge in [-0.25, -0.2) is 4.79 Å². The van der Waals surface area contributed by atoms with Gasteiger partial charge in [0.15, 0.2) is 0 Å². The standard InChI is InChI=1S/C17H28O2/c1-4-17(18)19-11-16-9-14-6-13(5-12(2)3)7-15(8-14)10-16/h4,12-16H,1,5-11H2,2-3H3. The molecular weight excluding hydrogens is 236 g/mol. The molecule has 0 N–H and O–H groups in total. The number of rotatable bonds is 5. The van der Waals surface area contributed by atoms with Gasteiger partial charge in [0.2, 0.25) is 0 Å². The van der Waals surface area contributed by atoms with E-state index in [9.17, 15) is 4.79 Å². The Morgan fingerprint density at radius 3 is 2.26 bits per heavy atom. The minimum Gasteiger partial charge on any atom is -0.462 e. The van der Waals surface area contributed by atoms with Gasteiger partial charge in [-0.15, -0.1) is 0 Å². The summed E-state index contributed by atoms with van der Waals surface area (Å²) in [5.74, 6) is 3.85. The summed E-state index contributed by atoms with van der Waals surface area (Å²) in [6.45, 7) is 8.72. The molecule has 0 heterocycles. The number of fused-ring (bicyclic) bond motifs is 2. The summed E-state index contributed by atoms with van der Waals surface area (Å²) < 4.78 is 5.23. The van der Waals surface area contributed by atoms with Crippen molar-refractivity contribution in [3.63, 3.8) is 0 Å². The molecule has 2 fully saturated rings. The summed E-state index contributed by atoms with van der Waals surface area (Å²) in [5.41, 5.74) is 0. The number of carbonyl (C=O) groups is 1. The fourth-order valence-electron chi connectivity index (χ4n) is 4.38. The van der Waals surface area contributed by atoms with E-state index >= 15 is 0 Å². The molecular formula is C17H28O2. The summed E-state index contributed by atoms with van der Waals surface area (Å²) in [5, 5.41) is 0. The molecule has 0 aliphatic heterocycles. The lowest BCUT2D eigenvalue weighted by Crippen LogP contribution is -2.33. The second-order valence-electron chi connectivity index (χ2n) is 7.11. The molecule has 0 aromatic rings.